The van der Waals surface area contributed by atoms with Crippen LogP contribution in [0, 0.1) is 6.92 Å². The number of carbonyl (C=O) groups is 1. The van der Waals surface area contributed by atoms with Gasteiger partial charge in [0.25, 0.3) is 5.91 Å². The number of para-hydroxylation sites is 1. The smallest absolute Gasteiger partial charge is 0.258 e. The minimum Gasteiger partial charge on any atom is -0.482 e. The van der Waals surface area contributed by atoms with Crippen molar-refractivity contribution in [1.82, 2.24) is 10.2 Å². The van der Waals surface area contributed by atoms with Crippen LogP contribution in [0.5, 0.6) is 5.75 Å². The first-order valence-electron chi connectivity index (χ1n) is 9.08. The molecule has 2 aromatic carbocycles. The van der Waals surface area contributed by atoms with E-state index in [1.165, 1.54) is 24.0 Å². The van der Waals surface area contributed by atoms with Gasteiger partial charge < -0.3 is 10.1 Å². The highest BCUT2D eigenvalue weighted by Crippen LogP contribution is 2.25. The van der Waals surface area contributed by atoms with E-state index in [9.17, 15) is 4.79 Å². The van der Waals surface area contributed by atoms with Gasteiger partial charge in [0.05, 0.1) is 11.1 Å². The van der Waals surface area contributed by atoms with Gasteiger partial charge in [-0.15, -0.1) is 0 Å². The Morgan fingerprint density at radius 2 is 1.85 bits per heavy atom. The van der Waals surface area contributed by atoms with Crippen molar-refractivity contribution in [3.05, 3.63) is 64.7 Å². The molecule has 0 bridgehead atoms. The van der Waals surface area contributed by atoms with Crippen LogP contribution in [0.15, 0.2) is 48.5 Å². The van der Waals surface area contributed by atoms with Gasteiger partial charge in [0.1, 0.15) is 5.75 Å². The highest BCUT2D eigenvalue weighted by molar-refractivity contribution is 6.32. The summed E-state index contributed by atoms with van der Waals surface area (Å²) in [6, 6.07) is 15.9. The van der Waals surface area contributed by atoms with Gasteiger partial charge in [0, 0.05) is 6.54 Å². The summed E-state index contributed by atoms with van der Waals surface area (Å²) in [7, 11) is 0. The van der Waals surface area contributed by atoms with Gasteiger partial charge >= 0.3 is 0 Å². The number of ether oxygens (including phenoxy) is 1. The number of carbonyl (C=O) groups excluding carboxylic acids is 1. The number of likely N-dealkylation sites (tertiary alicyclic amines) is 1. The minimum absolute atomic E-state index is 0.0374. The second-order valence-corrected chi connectivity index (χ2v) is 7.10. The molecule has 1 heterocycles. The molecular weight excluding hydrogens is 348 g/mol. The van der Waals surface area contributed by atoms with Crippen LogP contribution in [0.3, 0.4) is 0 Å². The molecule has 3 rings (SSSR count). The molecule has 1 amide bonds. The summed E-state index contributed by atoms with van der Waals surface area (Å²) in [6.07, 6.45) is 2.43. The molecule has 1 saturated heterocycles. The van der Waals surface area contributed by atoms with Gasteiger partial charge in [-0.3, -0.25) is 9.69 Å². The molecule has 0 spiro atoms. The second-order valence-electron chi connectivity index (χ2n) is 6.69. The maximum atomic E-state index is 12.2. The molecule has 26 heavy (non-hydrogen) atoms. The van der Waals surface area contributed by atoms with Crippen LogP contribution in [0.4, 0.5) is 0 Å². The summed E-state index contributed by atoms with van der Waals surface area (Å²) in [6.45, 7) is 4.77. The summed E-state index contributed by atoms with van der Waals surface area (Å²) in [4.78, 5) is 14.7. The van der Waals surface area contributed by atoms with Crippen LogP contribution in [0.2, 0.25) is 5.02 Å². The Kier molecular flexibility index (Phi) is 6.53. The van der Waals surface area contributed by atoms with Crippen molar-refractivity contribution < 1.29 is 9.53 Å². The first kappa shape index (κ1) is 18.7. The molecule has 0 unspecified atom stereocenters. The van der Waals surface area contributed by atoms with Crippen LogP contribution in [-0.2, 0) is 4.79 Å². The molecule has 0 aliphatic carbocycles. The summed E-state index contributed by atoms with van der Waals surface area (Å²) < 4.78 is 5.52. The first-order valence-corrected chi connectivity index (χ1v) is 9.46. The molecular formula is C21H25ClN2O2. The fourth-order valence-electron chi connectivity index (χ4n) is 3.27. The first-order chi connectivity index (χ1) is 12.6. The Bertz CT molecular complexity index is 727. The molecule has 138 valence electrons. The van der Waals surface area contributed by atoms with Gasteiger partial charge in [-0.1, -0.05) is 53.6 Å². The number of nitrogens with one attached hydrogen (secondary N) is 1. The van der Waals surface area contributed by atoms with Crippen molar-refractivity contribution in [3.63, 3.8) is 0 Å². The predicted octanol–water partition coefficient (Wildman–Crippen LogP) is 3.98. The number of hydrogen-bond donors (Lipinski definition) is 1. The third-order valence-electron chi connectivity index (χ3n) is 4.73. The Morgan fingerprint density at radius 1 is 1.15 bits per heavy atom. The van der Waals surface area contributed by atoms with E-state index in [0.29, 0.717) is 17.3 Å². The summed E-state index contributed by atoms with van der Waals surface area (Å²) in [5, 5.41) is 3.52. The van der Waals surface area contributed by atoms with Gasteiger partial charge in [0.15, 0.2) is 6.61 Å². The zero-order valence-electron chi connectivity index (χ0n) is 15.1. The van der Waals surface area contributed by atoms with Crippen molar-refractivity contribution in [2.45, 2.75) is 25.8 Å². The topological polar surface area (TPSA) is 41.6 Å². The van der Waals surface area contributed by atoms with Crippen molar-refractivity contribution in [2.24, 2.45) is 0 Å². The van der Waals surface area contributed by atoms with E-state index in [2.05, 4.69) is 41.4 Å². The van der Waals surface area contributed by atoms with Crippen LogP contribution < -0.4 is 10.1 Å². The third kappa shape index (κ3) is 4.99. The molecule has 1 aliphatic rings. The van der Waals surface area contributed by atoms with Crippen molar-refractivity contribution in [3.8, 4) is 5.75 Å². The van der Waals surface area contributed by atoms with E-state index in [1.807, 2.05) is 12.1 Å². The van der Waals surface area contributed by atoms with E-state index in [0.717, 1.165) is 13.1 Å². The number of amides is 1. The summed E-state index contributed by atoms with van der Waals surface area (Å²) in [5.41, 5.74) is 2.48. The van der Waals surface area contributed by atoms with Crippen LogP contribution >= 0.6 is 11.6 Å². The molecule has 1 atom stereocenters. The second kappa shape index (κ2) is 9.06. The Balaban J connectivity index is 1.57. The Labute approximate surface area is 160 Å². The molecule has 0 saturated carbocycles. The Hall–Kier alpha value is -2.04. The van der Waals surface area contributed by atoms with Crippen LogP contribution in [0.25, 0.3) is 0 Å². The van der Waals surface area contributed by atoms with Crippen LogP contribution in [0.1, 0.15) is 30.0 Å². The fraction of sp³-hybridized carbons (Fsp3) is 0.381. The van der Waals surface area contributed by atoms with Crippen molar-refractivity contribution >= 4 is 17.5 Å². The maximum Gasteiger partial charge on any atom is 0.258 e. The average molecular weight is 373 g/mol. The number of nitrogens with zero attached hydrogens (tertiary/aromatic N) is 1. The van der Waals surface area contributed by atoms with E-state index in [4.69, 9.17) is 16.3 Å². The van der Waals surface area contributed by atoms with Gasteiger partial charge in [-0.05, 0) is 50.6 Å². The number of hydrogen-bond acceptors (Lipinski definition) is 3. The Morgan fingerprint density at radius 3 is 2.54 bits per heavy atom. The third-order valence-corrected chi connectivity index (χ3v) is 5.04. The molecule has 1 fully saturated rings. The van der Waals surface area contributed by atoms with Gasteiger partial charge in [0.2, 0.25) is 0 Å². The van der Waals surface area contributed by atoms with Crippen molar-refractivity contribution in [2.75, 3.05) is 26.2 Å². The zero-order valence-corrected chi connectivity index (χ0v) is 15.8. The largest absolute Gasteiger partial charge is 0.482 e. The van der Waals surface area contributed by atoms with E-state index >= 15 is 0 Å². The van der Waals surface area contributed by atoms with E-state index in [1.54, 1.807) is 12.1 Å². The summed E-state index contributed by atoms with van der Waals surface area (Å²) in [5.74, 6) is 0.389. The molecule has 2 aromatic rings. The lowest BCUT2D eigenvalue weighted by atomic mass is 10.0. The van der Waals surface area contributed by atoms with Gasteiger partial charge in [-0.2, -0.15) is 0 Å². The maximum absolute atomic E-state index is 12.2. The quantitative estimate of drug-likeness (QED) is 0.799. The van der Waals surface area contributed by atoms with Gasteiger partial charge in [-0.25, -0.2) is 0 Å². The number of halogens is 1. The normalized spacial score (nSPS) is 15.6. The monoisotopic (exact) mass is 372 g/mol. The van der Waals surface area contributed by atoms with Crippen LogP contribution in [-0.4, -0.2) is 37.0 Å². The number of rotatable bonds is 7. The molecule has 1 aliphatic heterocycles. The molecule has 5 heteroatoms. The zero-order chi connectivity index (χ0) is 18.4. The number of benzene rings is 2. The lowest BCUT2D eigenvalue weighted by Crippen LogP contribution is -2.38. The highest BCUT2D eigenvalue weighted by Gasteiger charge is 2.24. The van der Waals surface area contributed by atoms with Crippen molar-refractivity contribution in [1.29, 1.82) is 0 Å². The highest BCUT2D eigenvalue weighted by atomic mass is 35.5. The molecule has 0 radical (unpaired) electrons. The lowest BCUT2D eigenvalue weighted by Gasteiger charge is -2.28. The SMILES string of the molecule is Cc1ccc([C@@H](CNC(=O)COc2ccccc2Cl)N2CCCC2)cc1. The van der Waals surface area contributed by atoms with E-state index in [-0.39, 0.29) is 18.6 Å². The predicted molar refractivity (Wildman–Crippen MR) is 105 cm³/mol. The standard InChI is InChI=1S/C21H25ClN2O2/c1-16-8-10-17(11-9-16)19(24-12-4-5-13-24)14-23-21(25)15-26-20-7-3-2-6-18(20)22/h2-3,6-11,19H,4-5,12-15H2,1H3,(H,23,25)/t19-/m1/s1. The molecule has 4 nitrogen and oxygen atoms in total. The molecule has 0 aromatic heterocycles. The fourth-order valence-corrected chi connectivity index (χ4v) is 3.46. The van der Waals surface area contributed by atoms with E-state index < -0.39 is 0 Å². The number of aryl methyl sites for hydroxylation is 1. The summed E-state index contributed by atoms with van der Waals surface area (Å²) >= 11 is 6.05. The minimum atomic E-state index is -0.138. The average Bonchev–Trinajstić information content (AvgIpc) is 3.17. The molecule has 1 N–H and O–H groups in total. The lowest BCUT2D eigenvalue weighted by molar-refractivity contribution is -0.123.